The summed E-state index contributed by atoms with van der Waals surface area (Å²) in [5.41, 5.74) is 14.6. The van der Waals surface area contributed by atoms with Crippen LogP contribution in [-0.4, -0.2) is 4.98 Å². The van der Waals surface area contributed by atoms with Gasteiger partial charge in [0.2, 0.25) is 0 Å². The van der Waals surface area contributed by atoms with Crippen molar-refractivity contribution in [1.82, 2.24) is 4.98 Å². The third-order valence-electron chi connectivity index (χ3n) is 4.33. The van der Waals surface area contributed by atoms with Gasteiger partial charge in [-0.2, -0.15) is 9.13 Å². The second-order valence-corrected chi connectivity index (χ2v) is 5.86. The standard InChI is InChI=1S/C20H17N5/c21-18-9-3-5-13-24(18)20(25-14-6-4-10-19(25)22)16-11-12-23-17-8-2-1-7-15(16)17/h1-14,20-22H/p+2. The summed E-state index contributed by atoms with van der Waals surface area (Å²) in [6.07, 6.45) is 5.54. The Labute approximate surface area is 145 Å². The minimum atomic E-state index is -0.213. The highest BCUT2D eigenvalue weighted by molar-refractivity contribution is 5.82. The average molecular weight is 329 g/mol. The number of pyridine rings is 3. The zero-order valence-corrected chi connectivity index (χ0v) is 13.7. The Morgan fingerprint density at radius 3 is 1.96 bits per heavy atom. The summed E-state index contributed by atoms with van der Waals surface area (Å²) in [6.45, 7) is 0. The number of benzene rings is 1. The predicted molar refractivity (Wildman–Crippen MR) is 97.4 cm³/mol. The lowest BCUT2D eigenvalue weighted by molar-refractivity contribution is -0.921. The van der Waals surface area contributed by atoms with Crippen LogP contribution < -0.4 is 20.6 Å². The number of aromatic nitrogens is 3. The molecule has 4 rings (SSSR count). The molecule has 1 aromatic carbocycles. The Morgan fingerprint density at radius 1 is 0.720 bits per heavy atom. The number of fused-ring (bicyclic) bond motifs is 1. The number of nitrogens with two attached hydrogens (primary N) is 2. The van der Waals surface area contributed by atoms with Crippen LogP contribution in [0.2, 0.25) is 0 Å². The Morgan fingerprint density at radius 2 is 1.32 bits per heavy atom. The molecule has 0 amide bonds. The van der Waals surface area contributed by atoms with Crippen molar-refractivity contribution in [3.05, 3.63) is 90.9 Å². The molecule has 0 radical (unpaired) electrons. The van der Waals surface area contributed by atoms with E-state index in [-0.39, 0.29) is 6.17 Å². The second-order valence-electron chi connectivity index (χ2n) is 5.86. The number of para-hydroxylation sites is 1. The number of rotatable bonds is 3. The van der Waals surface area contributed by atoms with Crippen molar-refractivity contribution in [2.24, 2.45) is 0 Å². The lowest BCUT2D eigenvalue weighted by atomic mass is 10.1. The average Bonchev–Trinajstić information content (AvgIpc) is 2.65. The van der Waals surface area contributed by atoms with Gasteiger partial charge in [-0.15, -0.1) is 0 Å². The third-order valence-corrected chi connectivity index (χ3v) is 4.33. The Hall–Kier alpha value is -3.47. The maximum absolute atomic E-state index is 6.28. The van der Waals surface area contributed by atoms with Gasteiger partial charge in [-0.25, -0.2) is 0 Å². The van der Waals surface area contributed by atoms with Crippen LogP contribution in [0, 0.1) is 0 Å². The van der Waals surface area contributed by atoms with Crippen LogP contribution in [0.15, 0.2) is 85.3 Å². The van der Waals surface area contributed by atoms with Crippen molar-refractivity contribution < 1.29 is 9.13 Å². The van der Waals surface area contributed by atoms with E-state index in [1.165, 1.54) is 0 Å². The first-order valence-electron chi connectivity index (χ1n) is 8.10. The number of anilines is 2. The topological polar surface area (TPSA) is 72.7 Å². The van der Waals surface area contributed by atoms with Crippen LogP contribution in [0.5, 0.6) is 0 Å². The molecule has 0 saturated heterocycles. The molecule has 5 nitrogen and oxygen atoms in total. The minimum absolute atomic E-state index is 0.213. The highest BCUT2D eigenvalue weighted by atomic mass is 15.2. The van der Waals surface area contributed by atoms with Crippen molar-refractivity contribution in [3.63, 3.8) is 0 Å². The van der Waals surface area contributed by atoms with Gasteiger partial charge in [0.15, 0.2) is 0 Å². The first-order chi connectivity index (χ1) is 12.3. The van der Waals surface area contributed by atoms with Crippen LogP contribution in [0.4, 0.5) is 11.6 Å². The summed E-state index contributed by atoms with van der Waals surface area (Å²) in [5, 5.41) is 1.07. The van der Waals surface area contributed by atoms with E-state index in [1.54, 1.807) is 0 Å². The molecule has 0 saturated carbocycles. The third kappa shape index (κ3) is 2.65. The van der Waals surface area contributed by atoms with Crippen LogP contribution in [0.1, 0.15) is 11.7 Å². The fraction of sp³-hybridized carbons (Fsp3) is 0.0500. The normalized spacial score (nSPS) is 11.1. The molecule has 5 heteroatoms. The molecule has 0 bridgehead atoms. The molecule has 0 atom stereocenters. The van der Waals surface area contributed by atoms with E-state index in [0.29, 0.717) is 11.6 Å². The van der Waals surface area contributed by atoms with Crippen LogP contribution in [-0.2, 0) is 0 Å². The van der Waals surface area contributed by atoms with Crippen LogP contribution >= 0.6 is 0 Å². The monoisotopic (exact) mass is 329 g/mol. The van der Waals surface area contributed by atoms with E-state index in [1.807, 2.05) is 88.4 Å². The highest BCUT2D eigenvalue weighted by Gasteiger charge is 2.29. The molecule has 4 N–H and O–H groups in total. The van der Waals surface area contributed by atoms with E-state index in [9.17, 15) is 0 Å². The van der Waals surface area contributed by atoms with Gasteiger partial charge in [0.25, 0.3) is 17.8 Å². The van der Waals surface area contributed by atoms with Gasteiger partial charge in [0.1, 0.15) is 0 Å². The van der Waals surface area contributed by atoms with Gasteiger partial charge in [-0.1, -0.05) is 30.3 Å². The van der Waals surface area contributed by atoms with Crippen molar-refractivity contribution in [2.75, 3.05) is 11.5 Å². The molecule has 0 fully saturated rings. The molecule has 0 unspecified atom stereocenters. The van der Waals surface area contributed by atoms with Gasteiger partial charge in [-0.3, -0.25) is 16.5 Å². The van der Waals surface area contributed by atoms with Gasteiger partial charge in [-0.05, 0) is 24.3 Å². The minimum Gasteiger partial charge on any atom is -0.287 e. The molecule has 0 spiro atoms. The molecule has 122 valence electrons. The van der Waals surface area contributed by atoms with Crippen LogP contribution in [0.25, 0.3) is 10.9 Å². The zero-order valence-electron chi connectivity index (χ0n) is 13.7. The number of nitrogens with zero attached hydrogens (tertiary/aromatic N) is 3. The Bertz CT molecular complexity index is 994. The van der Waals surface area contributed by atoms with Crippen molar-refractivity contribution in [2.45, 2.75) is 6.17 Å². The first-order valence-corrected chi connectivity index (χ1v) is 8.10. The summed E-state index contributed by atoms with van der Waals surface area (Å²) < 4.78 is 4.02. The number of nitrogen functional groups attached to an aromatic ring is 2. The van der Waals surface area contributed by atoms with E-state index in [4.69, 9.17) is 11.5 Å². The fourth-order valence-corrected chi connectivity index (χ4v) is 3.16. The van der Waals surface area contributed by atoms with Crippen molar-refractivity contribution >= 4 is 22.5 Å². The lowest BCUT2D eigenvalue weighted by Crippen LogP contribution is -2.59. The summed E-state index contributed by atoms with van der Waals surface area (Å²) in [6, 6.07) is 21.7. The summed E-state index contributed by atoms with van der Waals surface area (Å²) in [4.78, 5) is 4.48. The molecule has 0 aliphatic rings. The van der Waals surface area contributed by atoms with Crippen LogP contribution in [0.3, 0.4) is 0 Å². The van der Waals surface area contributed by atoms with E-state index >= 15 is 0 Å². The van der Waals surface area contributed by atoms with E-state index < -0.39 is 0 Å². The molecule has 4 aromatic rings. The molecule has 0 aliphatic heterocycles. The maximum atomic E-state index is 6.28. The quantitative estimate of drug-likeness (QED) is 0.565. The molecular weight excluding hydrogens is 310 g/mol. The molecule has 25 heavy (non-hydrogen) atoms. The summed E-state index contributed by atoms with van der Waals surface area (Å²) in [5.74, 6) is 1.31. The van der Waals surface area contributed by atoms with Crippen molar-refractivity contribution in [1.29, 1.82) is 0 Å². The largest absolute Gasteiger partial charge is 0.287 e. The van der Waals surface area contributed by atoms with Gasteiger partial charge >= 0.3 is 0 Å². The first kappa shape index (κ1) is 15.1. The summed E-state index contributed by atoms with van der Waals surface area (Å²) in [7, 11) is 0. The Kier molecular flexibility index (Phi) is 3.74. The second kappa shape index (κ2) is 6.20. The van der Waals surface area contributed by atoms with Gasteiger partial charge in [0.05, 0.1) is 23.5 Å². The van der Waals surface area contributed by atoms with E-state index in [0.717, 1.165) is 16.5 Å². The van der Waals surface area contributed by atoms with Gasteiger partial charge < -0.3 is 0 Å². The predicted octanol–water partition coefficient (Wildman–Crippen LogP) is 2.07. The SMILES string of the molecule is Nc1cccc[n+]1C(c1ccnc2ccccc12)[n+]1ccccc1N. The smallest absolute Gasteiger partial charge is 0.275 e. The highest BCUT2D eigenvalue weighted by Crippen LogP contribution is 2.22. The maximum Gasteiger partial charge on any atom is 0.275 e. The molecular formula is C20H19N5+2. The van der Waals surface area contributed by atoms with E-state index in [2.05, 4.69) is 11.1 Å². The van der Waals surface area contributed by atoms with Gasteiger partial charge in [0, 0.05) is 23.7 Å². The fourth-order valence-electron chi connectivity index (χ4n) is 3.16. The number of hydrogen-bond acceptors (Lipinski definition) is 3. The molecule has 3 aromatic heterocycles. The lowest BCUT2D eigenvalue weighted by Gasteiger charge is -2.18. The zero-order chi connectivity index (χ0) is 17.2. The van der Waals surface area contributed by atoms with Crippen molar-refractivity contribution in [3.8, 4) is 0 Å². The molecule has 3 heterocycles. The Balaban J connectivity index is 2.05. The number of hydrogen-bond donors (Lipinski definition) is 2. The molecule has 0 aliphatic carbocycles. The summed E-state index contributed by atoms with van der Waals surface area (Å²) >= 11 is 0.